The second-order valence-corrected chi connectivity index (χ2v) is 5.92. The predicted octanol–water partition coefficient (Wildman–Crippen LogP) is 3.55. The van der Waals surface area contributed by atoms with Gasteiger partial charge in [-0.15, -0.1) is 5.23 Å². The van der Waals surface area contributed by atoms with Crippen LogP contribution in [0.2, 0.25) is 5.02 Å². The molecule has 3 rings (SSSR count). The predicted molar refractivity (Wildman–Crippen MR) is 89.2 cm³/mol. The van der Waals surface area contributed by atoms with Gasteiger partial charge in [-0.05, 0) is 48.9 Å². The van der Waals surface area contributed by atoms with E-state index in [1.165, 1.54) is 24.3 Å². The molecule has 0 saturated heterocycles. The minimum atomic E-state index is -0.262. The minimum Gasteiger partial charge on any atom is -0.308 e. The van der Waals surface area contributed by atoms with E-state index in [1.54, 1.807) is 23.1 Å². The van der Waals surface area contributed by atoms with E-state index >= 15 is 0 Å². The highest BCUT2D eigenvalue weighted by Gasteiger charge is 2.26. The number of nitrogens with zero attached hydrogens (tertiary/aromatic N) is 2. The van der Waals surface area contributed by atoms with Gasteiger partial charge in [0.25, 0.3) is 5.91 Å². The Kier molecular flexibility index (Phi) is 4.53. The van der Waals surface area contributed by atoms with Crippen LogP contribution in [0.25, 0.3) is 0 Å². The lowest BCUT2D eigenvalue weighted by molar-refractivity contribution is 0.0291. The van der Waals surface area contributed by atoms with Crippen LogP contribution < -0.4 is 10.1 Å². The molecule has 1 aliphatic heterocycles. The molecule has 0 aromatic heterocycles. The molecule has 0 radical (unpaired) electrons. The molecule has 124 valence electrons. The van der Waals surface area contributed by atoms with Crippen molar-refractivity contribution in [3.63, 3.8) is 0 Å². The van der Waals surface area contributed by atoms with Crippen molar-refractivity contribution in [3.8, 4) is 0 Å². The van der Waals surface area contributed by atoms with Crippen LogP contribution in [0.3, 0.4) is 0 Å². The number of benzene rings is 2. The second kappa shape index (κ2) is 6.60. The van der Waals surface area contributed by atoms with Crippen molar-refractivity contribution in [2.24, 2.45) is 0 Å². The van der Waals surface area contributed by atoms with Gasteiger partial charge in [0.15, 0.2) is 5.78 Å². The minimum absolute atomic E-state index is 0.0177. The van der Waals surface area contributed by atoms with E-state index in [1.807, 2.05) is 0 Å². The van der Waals surface area contributed by atoms with Crippen molar-refractivity contribution in [2.45, 2.75) is 12.8 Å². The largest absolute Gasteiger partial charge is 0.308 e. The maximum Gasteiger partial charge on any atom is 0.258 e. The van der Waals surface area contributed by atoms with Crippen LogP contribution in [0.4, 0.5) is 11.4 Å². The van der Waals surface area contributed by atoms with Gasteiger partial charge < -0.3 is 4.90 Å². The Hall–Kier alpha value is -2.41. The number of halogens is 1. The molecule has 0 fully saturated rings. The fourth-order valence-electron chi connectivity index (χ4n) is 2.72. The molecule has 0 saturated carbocycles. The number of anilines is 2. The fourth-order valence-corrected chi connectivity index (χ4v) is 2.90. The summed E-state index contributed by atoms with van der Waals surface area (Å²) in [4.78, 5) is 26.6. The van der Waals surface area contributed by atoms with Gasteiger partial charge in [-0.3, -0.25) is 20.0 Å². The monoisotopic (exact) mass is 346 g/mol. The van der Waals surface area contributed by atoms with E-state index in [0.717, 1.165) is 0 Å². The molecule has 1 amide bonds. The van der Waals surface area contributed by atoms with Crippen molar-refractivity contribution < 1.29 is 20.0 Å². The molecule has 0 aliphatic carbocycles. The first kappa shape index (κ1) is 16.4. The van der Waals surface area contributed by atoms with Crippen molar-refractivity contribution in [1.29, 1.82) is 0 Å². The average molecular weight is 347 g/mol. The van der Waals surface area contributed by atoms with Crippen LogP contribution in [0.15, 0.2) is 42.5 Å². The first-order valence-corrected chi connectivity index (χ1v) is 7.78. The summed E-state index contributed by atoms with van der Waals surface area (Å²) in [6.07, 6.45) is 0.927. The Bertz CT molecular complexity index is 790. The summed E-state index contributed by atoms with van der Waals surface area (Å²) in [5, 5.41) is 18.4. The third kappa shape index (κ3) is 3.12. The van der Waals surface area contributed by atoms with Gasteiger partial charge in [0.2, 0.25) is 0 Å². The molecular formula is C17H15ClN2O4. The van der Waals surface area contributed by atoms with Crippen molar-refractivity contribution >= 4 is 34.7 Å². The summed E-state index contributed by atoms with van der Waals surface area (Å²) < 4.78 is 0. The van der Waals surface area contributed by atoms with E-state index in [-0.39, 0.29) is 22.6 Å². The maximum absolute atomic E-state index is 12.8. The zero-order valence-corrected chi connectivity index (χ0v) is 13.4. The van der Waals surface area contributed by atoms with Crippen LogP contribution in [0.1, 0.15) is 33.6 Å². The lowest BCUT2D eigenvalue weighted by atomic mass is 10.1. The number of hydrogen-bond acceptors (Lipinski definition) is 5. The quantitative estimate of drug-likeness (QED) is 0.813. The first-order chi connectivity index (χ1) is 11.5. The number of fused-ring (bicyclic) bond motifs is 1. The Balaban J connectivity index is 1.97. The number of hydrogen-bond donors (Lipinski definition) is 2. The number of Topliss-reactive ketones (excluding diaryl/α,β-unsaturated/α-hetero) is 1. The number of ketones is 1. The molecule has 2 aromatic carbocycles. The Morgan fingerprint density at radius 1 is 1.12 bits per heavy atom. The first-order valence-electron chi connectivity index (χ1n) is 7.40. The van der Waals surface area contributed by atoms with Crippen LogP contribution >= 0.6 is 11.6 Å². The summed E-state index contributed by atoms with van der Waals surface area (Å²) in [6.45, 7) is 0.424. The normalized spacial score (nSPS) is 14.1. The number of carbonyl (C=O) groups excluding carboxylic acids is 2. The molecule has 0 unspecified atom stereocenters. The van der Waals surface area contributed by atoms with Gasteiger partial charge >= 0.3 is 0 Å². The third-order valence-corrected chi connectivity index (χ3v) is 4.16. The fraction of sp³-hybridized carbons (Fsp3) is 0.176. The lowest BCUT2D eigenvalue weighted by Crippen LogP contribution is -2.31. The van der Waals surface area contributed by atoms with E-state index < -0.39 is 0 Å². The van der Waals surface area contributed by atoms with E-state index in [2.05, 4.69) is 0 Å². The molecule has 6 nitrogen and oxygen atoms in total. The van der Waals surface area contributed by atoms with Crippen LogP contribution in [-0.4, -0.2) is 28.6 Å². The zero-order chi connectivity index (χ0) is 17.3. The van der Waals surface area contributed by atoms with Gasteiger partial charge in [0.1, 0.15) is 0 Å². The van der Waals surface area contributed by atoms with E-state index in [9.17, 15) is 9.59 Å². The molecule has 0 bridgehead atoms. The van der Waals surface area contributed by atoms with Gasteiger partial charge in [-0.2, -0.15) is 0 Å². The summed E-state index contributed by atoms with van der Waals surface area (Å²) >= 11 is 5.98. The van der Waals surface area contributed by atoms with Crippen LogP contribution in [0.5, 0.6) is 0 Å². The van der Waals surface area contributed by atoms with Gasteiger partial charge in [0.05, 0.1) is 11.4 Å². The second-order valence-electron chi connectivity index (χ2n) is 5.48. The summed E-state index contributed by atoms with van der Waals surface area (Å²) in [7, 11) is 0. The molecule has 0 spiro atoms. The van der Waals surface area contributed by atoms with E-state index in [4.69, 9.17) is 22.0 Å². The highest BCUT2D eigenvalue weighted by molar-refractivity contribution is 6.31. The highest BCUT2D eigenvalue weighted by atomic mass is 35.5. The molecule has 7 heteroatoms. The number of rotatable bonds is 2. The third-order valence-electron chi connectivity index (χ3n) is 3.93. The van der Waals surface area contributed by atoms with Gasteiger partial charge in [-0.25, -0.2) is 0 Å². The lowest BCUT2D eigenvalue weighted by Gasteiger charge is -2.23. The van der Waals surface area contributed by atoms with Gasteiger partial charge in [0, 0.05) is 29.1 Å². The van der Waals surface area contributed by atoms with E-state index in [0.29, 0.717) is 41.2 Å². The number of amides is 1. The van der Waals surface area contributed by atoms with Crippen molar-refractivity contribution in [3.05, 3.63) is 58.6 Å². The number of carbonyl (C=O) groups is 2. The Labute approximate surface area is 143 Å². The Morgan fingerprint density at radius 2 is 1.83 bits per heavy atom. The molecule has 0 atom stereocenters. The molecule has 24 heavy (non-hydrogen) atoms. The smallest absolute Gasteiger partial charge is 0.258 e. The molecule has 2 N–H and O–H groups in total. The van der Waals surface area contributed by atoms with Crippen LogP contribution in [-0.2, 0) is 0 Å². The SMILES string of the molecule is O=C1CCCN(C(=O)c2ccc(N(O)O)cc2)c2ccc(Cl)cc21. The maximum atomic E-state index is 12.8. The van der Waals surface area contributed by atoms with Gasteiger partial charge in [-0.1, -0.05) is 11.6 Å². The van der Waals surface area contributed by atoms with Crippen molar-refractivity contribution in [2.75, 3.05) is 16.7 Å². The molecule has 1 aliphatic rings. The highest BCUT2D eigenvalue weighted by Crippen LogP contribution is 2.30. The van der Waals surface area contributed by atoms with Crippen LogP contribution in [0, 0.1) is 0 Å². The zero-order valence-electron chi connectivity index (χ0n) is 12.6. The summed E-state index contributed by atoms with van der Waals surface area (Å²) in [5.74, 6) is -0.295. The average Bonchev–Trinajstić information content (AvgIpc) is 2.73. The summed E-state index contributed by atoms with van der Waals surface area (Å²) in [6, 6.07) is 10.7. The topological polar surface area (TPSA) is 81.1 Å². The Morgan fingerprint density at radius 3 is 2.50 bits per heavy atom. The summed E-state index contributed by atoms with van der Waals surface area (Å²) in [5.41, 5.74) is 1.52. The molecule has 2 aromatic rings. The standard InChI is InChI=1S/C17H15ClN2O4/c18-12-5-8-15-14(10-12)16(21)2-1-9-19(15)17(22)11-3-6-13(7-4-11)20(23)24/h3-8,10,23-24H,1-2,9H2. The molecular weight excluding hydrogens is 332 g/mol. The van der Waals surface area contributed by atoms with Crippen molar-refractivity contribution in [1.82, 2.24) is 0 Å². The molecule has 1 heterocycles.